The molecule has 0 aliphatic rings. The molecule has 9 heteroatoms. The lowest BCUT2D eigenvalue weighted by molar-refractivity contribution is -0.120. The van der Waals surface area contributed by atoms with Gasteiger partial charge in [-0.1, -0.05) is 36.4 Å². The molecule has 1 atom stereocenters. The van der Waals surface area contributed by atoms with E-state index >= 15 is 0 Å². The van der Waals surface area contributed by atoms with Gasteiger partial charge in [0.25, 0.3) is 0 Å². The number of carbonyl (C=O) groups is 1. The van der Waals surface area contributed by atoms with Crippen LogP contribution in [-0.2, 0) is 16.1 Å². The maximum Gasteiger partial charge on any atom is 0.200 e. The molecule has 0 spiro atoms. The maximum absolute atomic E-state index is 10.3. The van der Waals surface area contributed by atoms with Crippen LogP contribution < -0.4 is 15.8 Å². The number of aromatic nitrogens is 3. The summed E-state index contributed by atoms with van der Waals surface area (Å²) in [6.07, 6.45) is 0. The van der Waals surface area contributed by atoms with Crippen molar-refractivity contribution >= 4 is 11.4 Å². The number of fused-ring (bicyclic) bond motifs is 1. The molecule has 3 aromatic rings. The van der Waals surface area contributed by atoms with Gasteiger partial charge in [0.15, 0.2) is 11.5 Å². The van der Waals surface area contributed by atoms with Gasteiger partial charge in [-0.3, -0.25) is 4.79 Å². The number of aliphatic hydroxyl groups is 1. The Kier molecular flexibility index (Phi) is 9.73. The van der Waals surface area contributed by atoms with Crippen molar-refractivity contribution in [3.63, 3.8) is 0 Å². The van der Waals surface area contributed by atoms with Gasteiger partial charge in [0.05, 0.1) is 31.4 Å². The zero-order valence-corrected chi connectivity index (χ0v) is 19.1. The number of hydrogen-bond donors (Lipinski definition) is 3. The van der Waals surface area contributed by atoms with Crippen molar-refractivity contribution in [2.75, 3.05) is 26.9 Å². The summed E-state index contributed by atoms with van der Waals surface area (Å²) in [5.74, 6) is 1.32. The number of pyridine rings is 1. The molecular formula is C23H33N5O4. The molecule has 1 aromatic carbocycles. The Hall–Kier alpha value is -2.85. The van der Waals surface area contributed by atoms with Gasteiger partial charge in [-0.05, 0) is 45.5 Å². The van der Waals surface area contributed by atoms with Crippen molar-refractivity contribution in [3.05, 3.63) is 59.9 Å². The second-order valence-electron chi connectivity index (χ2n) is 7.81. The first-order valence-corrected chi connectivity index (χ1v) is 10.4. The van der Waals surface area contributed by atoms with Crippen LogP contribution in [-0.4, -0.2) is 57.9 Å². The lowest BCUT2D eigenvalue weighted by Gasteiger charge is -2.16. The number of aliphatic hydroxyl groups excluding tert-OH is 1. The number of carbonyl (C=O) groups excluding carboxylic acids is 1. The third-order valence-electron chi connectivity index (χ3n) is 4.72. The minimum atomic E-state index is -0.639. The van der Waals surface area contributed by atoms with Gasteiger partial charge < -0.3 is 25.6 Å². The fourth-order valence-electron chi connectivity index (χ4n) is 2.58. The minimum Gasteiger partial charge on any atom is -0.476 e. The quantitative estimate of drug-likeness (QED) is 0.434. The van der Waals surface area contributed by atoms with E-state index in [1.54, 1.807) is 13.8 Å². The number of hydrogen-bond acceptors (Lipinski definition) is 8. The van der Waals surface area contributed by atoms with Crippen molar-refractivity contribution in [2.24, 2.45) is 5.73 Å². The van der Waals surface area contributed by atoms with Crippen molar-refractivity contribution in [2.45, 2.75) is 39.0 Å². The van der Waals surface area contributed by atoms with Gasteiger partial charge in [-0.15, -0.1) is 10.2 Å². The van der Waals surface area contributed by atoms with Gasteiger partial charge in [0.2, 0.25) is 5.88 Å². The molecule has 2 heterocycles. The van der Waals surface area contributed by atoms with E-state index < -0.39 is 5.54 Å². The first-order chi connectivity index (χ1) is 15.3. The molecular weight excluding hydrogens is 410 g/mol. The summed E-state index contributed by atoms with van der Waals surface area (Å²) in [7, 11) is 1.86. The summed E-state index contributed by atoms with van der Waals surface area (Å²) in [6, 6.07) is 15.4. The normalized spacial score (nSPS) is 12.2. The zero-order chi connectivity index (χ0) is 23.6. The van der Waals surface area contributed by atoms with Crippen molar-refractivity contribution in [1.82, 2.24) is 19.9 Å². The number of nitrogens with one attached hydrogen (secondary N) is 1. The fraction of sp³-hybridized carbons (Fsp3) is 0.435. The van der Waals surface area contributed by atoms with Crippen LogP contribution in [0.15, 0.2) is 48.5 Å². The number of rotatable bonds is 10. The predicted octanol–water partition coefficient (Wildman–Crippen LogP) is 1.89. The van der Waals surface area contributed by atoms with E-state index in [9.17, 15) is 4.79 Å². The highest BCUT2D eigenvalue weighted by Gasteiger charge is 2.19. The highest BCUT2D eigenvalue weighted by molar-refractivity contribution is 5.84. The number of benzene rings is 1. The van der Waals surface area contributed by atoms with E-state index in [-0.39, 0.29) is 25.0 Å². The second-order valence-corrected chi connectivity index (χ2v) is 7.81. The Labute approximate surface area is 188 Å². The van der Waals surface area contributed by atoms with Crippen LogP contribution in [0.2, 0.25) is 0 Å². The van der Waals surface area contributed by atoms with E-state index in [1.165, 1.54) is 6.92 Å². The van der Waals surface area contributed by atoms with Crippen LogP contribution in [0.1, 0.15) is 38.2 Å². The summed E-state index contributed by atoms with van der Waals surface area (Å²) in [5.41, 5.74) is 6.50. The number of Topliss-reactive ketones (excluding diaryl/α,β-unsaturated/α-hetero) is 1. The van der Waals surface area contributed by atoms with Crippen LogP contribution in [0.3, 0.4) is 0 Å². The molecule has 32 heavy (non-hydrogen) atoms. The lowest BCUT2D eigenvalue weighted by Crippen LogP contribution is -2.39. The molecule has 2 aromatic heterocycles. The summed E-state index contributed by atoms with van der Waals surface area (Å²) >= 11 is 0. The molecule has 4 N–H and O–H groups in total. The molecule has 0 bridgehead atoms. The zero-order valence-electron chi connectivity index (χ0n) is 19.1. The molecule has 174 valence electrons. The van der Waals surface area contributed by atoms with Crippen molar-refractivity contribution in [3.8, 4) is 5.88 Å². The monoisotopic (exact) mass is 443 g/mol. The first-order valence-electron chi connectivity index (χ1n) is 10.4. The molecule has 1 unspecified atom stereocenters. The predicted molar refractivity (Wildman–Crippen MR) is 122 cm³/mol. The van der Waals surface area contributed by atoms with Crippen LogP contribution in [0.25, 0.3) is 5.65 Å². The third kappa shape index (κ3) is 7.38. The average Bonchev–Trinajstić information content (AvgIpc) is 3.20. The fourth-order valence-corrected chi connectivity index (χ4v) is 2.58. The van der Waals surface area contributed by atoms with E-state index in [2.05, 4.69) is 15.5 Å². The van der Waals surface area contributed by atoms with Crippen LogP contribution >= 0.6 is 0 Å². The first kappa shape index (κ1) is 25.4. The van der Waals surface area contributed by atoms with E-state index in [1.807, 2.05) is 60.0 Å². The summed E-state index contributed by atoms with van der Waals surface area (Å²) in [4.78, 5) is 10.3. The molecule has 3 rings (SSSR count). The second kappa shape index (κ2) is 12.3. The molecule has 0 saturated heterocycles. The average molecular weight is 444 g/mol. The Balaban J connectivity index is 0.000000451. The molecule has 0 fully saturated rings. The largest absolute Gasteiger partial charge is 0.476 e. The Morgan fingerprint density at radius 1 is 1.19 bits per heavy atom. The molecule has 0 radical (unpaired) electrons. The number of nitrogens with zero attached hydrogens (tertiary/aromatic N) is 3. The van der Waals surface area contributed by atoms with Crippen LogP contribution in [0.4, 0.5) is 0 Å². The Morgan fingerprint density at radius 2 is 1.88 bits per heavy atom. The highest BCUT2D eigenvalue weighted by atomic mass is 16.5. The molecule has 0 aliphatic carbocycles. The van der Waals surface area contributed by atoms with Gasteiger partial charge >= 0.3 is 0 Å². The van der Waals surface area contributed by atoms with Gasteiger partial charge in [-0.25, -0.2) is 4.40 Å². The number of ketones is 1. The van der Waals surface area contributed by atoms with Crippen molar-refractivity contribution < 1.29 is 19.4 Å². The standard InChI is InChI=1S/C18H22N4O3.C5H11NO/c1-19-15(13-24-12-14-6-3-2-4-7-14)18-21-20-16-8-5-9-17(22(16)18)25-11-10-23;1-4(7)5(2,3)6/h2-9,15,19,23H,10-13H2,1H3;6H2,1-3H3. The lowest BCUT2D eigenvalue weighted by atomic mass is 10.0. The van der Waals surface area contributed by atoms with Crippen molar-refractivity contribution in [1.29, 1.82) is 0 Å². The highest BCUT2D eigenvalue weighted by Crippen LogP contribution is 2.20. The smallest absolute Gasteiger partial charge is 0.200 e. The Morgan fingerprint density at radius 3 is 2.47 bits per heavy atom. The number of likely N-dealkylation sites (N-methyl/N-ethyl adjacent to an activating group) is 1. The summed E-state index contributed by atoms with van der Waals surface area (Å²) in [5, 5.41) is 20.7. The van der Waals surface area contributed by atoms with E-state index in [4.69, 9.17) is 20.3 Å². The number of nitrogens with two attached hydrogens (primary N) is 1. The summed E-state index contributed by atoms with van der Waals surface area (Å²) in [6.45, 7) is 6.00. The molecule has 0 amide bonds. The van der Waals surface area contributed by atoms with Crippen LogP contribution in [0, 0.1) is 0 Å². The van der Waals surface area contributed by atoms with Crippen LogP contribution in [0.5, 0.6) is 5.88 Å². The maximum atomic E-state index is 10.3. The molecule has 0 saturated carbocycles. The van der Waals surface area contributed by atoms with E-state index in [0.29, 0.717) is 30.6 Å². The van der Waals surface area contributed by atoms with Gasteiger partial charge in [-0.2, -0.15) is 0 Å². The molecule has 0 aliphatic heterocycles. The Bertz CT molecular complexity index is 969. The molecule has 9 nitrogen and oxygen atoms in total. The van der Waals surface area contributed by atoms with E-state index in [0.717, 1.165) is 5.56 Å². The summed E-state index contributed by atoms with van der Waals surface area (Å²) < 4.78 is 13.3. The minimum absolute atomic E-state index is 0.0208. The topological polar surface area (TPSA) is 124 Å². The SMILES string of the molecule is CC(=O)C(C)(C)N.CNC(COCc1ccccc1)c1nnc2cccc(OCCO)n12. The van der Waals surface area contributed by atoms with Gasteiger partial charge in [0, 0.05) is 0 Å². The third-order valence-corrected chi connectivity index (χ3v) is 4.72. The number of ether oxygens (including phenoxy) is 2. The van der Waals surface area contributed by atoms with Gasteiger partial charge in [0.1, 0.15) is 12.4 Å².